The standard InChI is InChI=1S/C11H21N7O/c12-9(2-1-4-17-11(13)14)10(19)16-5-3-8-6-15-7-18-8/h6-7,9H,1-5,12H2,(H,15,18)(H,16,19)(H4,13,14,17)/t9-/m0/s1. The molecule has 19 heavy (non-hydrogen) atoms. The van der Waals surface area contributed by atoms with Crippen LogP contribution in [0, 0.1) is 5.41 Å². The number of hydrogen-bond donors (Lipinski definition) is 6. The van der Waals surface area contributed by atoms with Crippen molar-refractivity contribution in [1.82, 2.24) is 20.6 Å². The first-order chi connectivity index (χ1) is 9.09. The van der Waals surface area contributed by atoms with E-state index in [9.17, 15) is 4.79 Å². The van der Waals surface area contributed by atoms with Gasteiger partial charge in [-0.3, -0.25) is 10.2 Å². The molecule has 0 aliphatic carbocycles. The average Bonchev–Trinajstić information content (AvgIpc) is 2.87. The van der Waals surface area contributed by atoms with Crippen LogP contribution in [0.2, 0.25) is 0 Å². The highest BCUT2D eigenvalue weighted by Gasteiger charge is 2.12. The van der Waals surface area contributed by atoms with Crippen LogP contribution in [-0.4, -0.2) is 41.0 Å². The molecule has 1 aromatic heterocycles. The fourth-order valence-electron chi connectivity index (χ4n) is 1.55. The van der Waals surface area contributed by atoms with Gasteiger partial charge in [-0.15, -0.1) is 0 Å². The maximum absolute atomic E-state index is 11.6. The van der Waals surface area contributed by atoms with Gasteiger partial charge in [-0.1, -0.05) is 0 Å². The zero-order valence-corrected chi connectivity index (χ0v) is 10.8. The van der Waals surface area contributed by atoms with E-state index < -0.39 is 6.04 Å². The largest absolute Gasteiger partial charge is 0.370 e. The van der Waals surface area contributed by atoms with Gasteiger partial charge in [0.25, 0.3) is 0 Å². The molecule has 1 heterocycles. The van der Waals surface area contributed by atoms with E-state index in [1.54, 1.807) is 12.5 Å². The maximum atomic E-state index is 11.6. The van der Waals surface area contributed by atoms with Gasteiger partial charge in [0, 0.05) is 25.7 Å². The van der Waals surface area contributed by atoms with Crippen molar-refractivity contribution in [2.75, 3.05) is 13.1 Å². The van der Waals surface area contributed by atoms with Crippen LogP contribution in [0.25, 0.3) is 0 Å². The first-order valence-electron chi connectivity index (χ1n) is 6.18. The number of carbonyl (C=O) groups excluding carboxylic acids is 1. The monoisotopic (exact) mass is 267 g/mol. The van der Waals surface area contributed by atoms with E-state index in [-0.39, 0.29) is 11.9 Å². The van der Waals surface area contributed by atoms with Crippen molar-refractivity contribution in [2.24, 2.45) is 11.5 Å². The summed E-state index contributed by atoms with van der Waals surface area (Å²) >= 11 is 0. The molecule has 0 aromatic carbocycles. The Labute approximate surface area is 111 Å². The zero-order chi connectivity index (χ0) is 14.1. The maximum Gasteiger partial charge on any atom is 0.236 e. The number of aromatic amines is 1. The van der Waals surface area contributed by atoms with E-state index in [4.69, 9.17) is 16.9 Å². The highest BCUT2D eigenvalue weighted by Crippen LogP contribution is 1.95. The molecule has 1 atom stereocenters. The molecule has 1 aromatic rings. The van der Waals surface area contributed by atoms with Gasteiger partial charge in [0.15, 0.2) is 5.96 Å². The summed E-state index contributed by atoms with van der Waals surface area (Å²) in [5, 5.41) is 12.4. The summed E-state index contributed by atoms with van der Waals surface area (Å²) in [6.07, 6.45) is 5.31. The molecule has 0 aliphatic heterocycles. The number of nitrogens with two attached hydrogens (primary N) is 2. The van der Waals surface area contributed by atoms with Gasteiger partial charge in [0.05, 0.1) is 18.1 Å². The summed E-state index contributed by atoms with van der Waals surface area (Å²) in [6.45, 7) is 1.06. The summed E-state index contributed by atoms with van der Waals surface area (Å²) in [5.74, 6) is -0.240. The third kappa shape index (κ3) is 6.41. The first kappa shape index (κ1) is 15.0. The number of nitrogens with one attached hydrogen (secondary N) is 4. The van der Waals surface area contributed by atoms with Gasteiger partial charge in [-0.05, 0) is 12.8 Å². The van der Waals surface area contributed by atoms with E-state index in [1.165, 1.54) is 0 Å². The number of carbonyl (C=O) groups is 1. The molecule has 1 amide bonds. The molecule has 0 unspecified atom stereocenters. The van der Waals surface area contributed by atoms with Crippen molar-refractivity contribution in [3.8, 4) is 0 Å². The Morgan fingerprint density at radius 2 is 2.26 bits per heavy atom. The Kier molecular flexibility index (Phi) is 6.37. The van der Waals surface area contributed by atoms with E-state index in [0.29, 0.717) is 32.4 Å². The normalized spacial score (nSPS) is 11.8. The van der Waals surface area contributed by atoms with Crippen LogP contribution >= 0.6 is 0 Å². The first-order valence-corrected chi connectivity index (χ1v) is 6.18. The lowest BCUT2D eigenvalue weighted by atomic mass is 10.1. The second-order valence-electron chi connectivity index (χ2n) is 4.19. The van der Waals surface area contributed by atoms with Crippen molar-refractivity contribution >= 4 is 11.9 Å². The molecule has 8 heteroatoms. The van der Waals surface area contributed by atoms with Gasteiger partial charge >= 0.3 is 0 Å². The quantitative estimate of drug-likeness (QED) is 0.196. The van der Waals surface area contributed by atoms with Crippen LogP contribution in [0.1, 0.15) is 18.5 Å². The van der Waals surface area contributed by atoms with Crippen molar-refractivity contribution in [1.29, 1.82) is 5.41 Å². The Balaban J connectivity index is 2.09. The highest BCUT2D eigenvalue weighted by molar-refractivity contribution is 5.81. The van der Waals surface area contributed by atoms with Gasteiger partial charge in [-0.25, -0.2) is 4.98 Å². The predicted molar refractivity (Wildman–Crippen MR) is 72.4 cm³/mol. The number of imidazole rings is 1. The van der Waals surface area contributed by atoms with Gasteiger partial charge in [0.1, 0.15) is 0 Å². The smallest absolute Gasteiger partial charge is 0.236 e. The molecule has 8 N–H and O–H groups in total. The van der Waals surface area contributed by atoms with Gasteiger partial charge in [0.2, 0.25) is 5.91 Å². The summed E-state index contributed by atoms with van der Waals surface area (Å²) in [5.41, 5.74) is 11.8. The molecule has 0 bridgehead atoms. The van der Waals surface area contributed by atoms with Gasteiger partial charge in [-0.2, -0.15) is 0 Å². The number of guanidine groups is 1. The van der Waals surface area contributed by atoms with E-state index >= 15 is 0 Å². The van der Waals surface area contributed by atoms with E-state index in [1.807, 2.05) is 0 Å². The molecule has 8 nitrogen and oxygen atoms in total. The summed E-state index contributed by atoms with van der Waals surface area (Å²) < 4.78 is 0. The molecule has 0 saturated carbocycles. The van der Waals surface area contributed by atoms with Crippen LogP contribution < -0.4 is 22.1 Å². The lowest BCUT2D eigenvalue weighted by Crippen LogP contribution is -2.42. The van der Waals surface area contributed by atoms with Crippen molar-refractivity contribution in [3.63, 3.8) is 0 Å². The zero-order valence-electron chi connectivity index (χ0n) is 10.8. The van der Waals surface area contributed by atoms with Crippen molar-refractivity contribution < 1.29 is 4.79 Å². The number of aromatic nitrogens is 2. The highest BCUT2D eigenvalue weighted by atomic mass is 16.2. The summed E-state index contributed by atoms with van der Waals surface area (Å²) in [6, 6.07) is -0.534. The predicted octanol–water partition coefficient (Wildman–Crippen LogP) is -1.34. The third-order valence-corrected chi connectivity index (χ3v) is 2.58. The molecule has 106 valence electrons. The Morgan fingerprint density at radius 1 is 1.47 bits per heavy atom. The minimum atomic E-state index is -0.534. The second kappa shape index (κ2) is 8.09. The lowest BCUT2D eigenvalue weighted by Gasteiger charge is -2.12. The van der Waals surface area contributed by atoms with Crippen LogP contribution in [0.5, 0.6) is 0 Å². The number of nitrogens with zero attached hydrogens (tertiary/aromatic N) is 1. The van der Waals surface area contributed by atoms with Crippen LogP contribution in [-0.2, 0) is 11.2 Å². The fraction of sp³-hybridized carbons (Fsp3) is 0.545. The number of H-pyrrole nitrogens is 1. The molecule has 1 rings (SSSR count). The Hall–Kier alpha value is -2.09. The lowest BCUT2D eigenvalue weighted by molar-refractivity contribution is -0.122. The summed E-state index contributed by atoms with van der Waals surface area (Å²) in [4.78, 5) is 18.6. The number of rotatable bonds is 8. The van der Waals surface area contributed by atoms with E-state index in [2.05, 4.69) is 20.6 Å². The third-order valence-electron chi connectivity index (χ3n) is 2.58. The molecule has 0 aliphatic rings. The number of hydrogen-bond acceptors (Lipinski definition) is 4. The molecule has 0 radical (unpaired) electrons. The summed E-state index contributed by atoms with van der Waals surface area (Å²) in [7, 11) is 0. The fourth-order valence-corrected chi connectivity index (χ4v) is 1.55. The van der Waals surface area contributed by atoms with Crippen LogP contribution in [0.3, 0.4) is 0 Å². The SMILES string of the molecule is N=C(N)NCCC[C@H](N)C(=O)NCCc1c[nH]cn1. The molecule has 0 fully saturated rings. The molecular weight excluding hydrogens is 246 g/mol. The Bertz CT molecular complexity index is 390. The van der Waals surface area contributed by atoms with Crippen LogP contribution in [0.4, 0.5) is 0 Å². The number of amides is 1. The van der Waals surface area contributed by atoms with E-state index in [0.717, 1.165) is 5.69 Å². The average molecular weight is 267 g/mol. The minimum absolute atomic E-state index is 0.0722. The minimum Gasteiger partial charge on any atom is -0.370 e. The topological polar surface area (TPSA) is 146 Å². The molecule has 0 saturated heterocycles. The second-order valence-corrected chi connectivity index (χ2v) is 4.19. The Morgan fingerprint density at radius 3 is 2.89 bits per heavy atom. The van der Waals surface area contributed by atoms with Gasteiger partial charge < -0.3 is 27.1 Å². The van der Waals surface area contributed by atoms with Crippen molar-refractivity contribution in [3.05, 3.63) is 18.2 Å². The van der Waals surface area contributed by atoms with Crippen LogP contribution in [0.15, 0.2) is 12.5 Å². The van der Waals surface area contributed by atoms with Crippen molar-refractivity contribution in [2.45, 2.75) is 25.3 Å². The molecule has 0 spiro atoms. The molecular formula is C11H21N7O.